The van der Waals surface area contributed by atoms with Gasteiger partial charge in [-0.05, 0) is 12.1 Å². The molecule has 1 aromatic heterocycles. The van der Waals surface area contributed by atoms with Crippen LogP contribution in [0.25, 0.3) is 17.2 Å². The molecule has 0 saturated carbocycles. The number of fused-ring (bicyclic) bond motifs is 1. The van der Waals surface area contributed by atoms with Gasteiger partial charge in [-0.1, -0.05) is 12.1 Å². The molecule has 3 N–H and O–H groups in total. The van der Waals surface area contributed by atoms with Crippen molar-refractivity contribution in [2.45, 2.75) is 12.5 Å². The fraction of sp³-hybridized carbons (Fsp3) is 0.214. The summed E-state index contributed by atoms with van der Waals surface area (Å²) in [5.74, 6) is -1.43. The van der Waals surface area contributed by atoms with Crippen molar-refractivity contribution in [1.82, 2.24) is 10.3 Å². The molecule has 0 spiro atoms. The number of aromatic nitrogens is 1. The van der Waals surface area contributed by atoms with E-state index in [0.29, 0.717) is 17.0 Å². The normalized spacial score (nSPS) is 12.6. The van der Waals surface area contributed by atoms with Crippen molar-refractivity contribution in [3.05, 3.63) is 36.2 Å². The van der Waals surface area contributed by atoms with Gasteiger partial charge in [0.1, 0.15) is 5.52 Å². The summed E-state index contributed by atoms with van der Waals surface area (Å²) in [7, 11) is 0. The highest BCUT2D eigenvalue weighted by atomic mass is 16.4. The second kappa shape index (κ2) is 6.67. The summed E-state index contributed by atoms with van der Waals surface area (Å²) in [5, 5.41) is 20.0. The first-order valence-electron chi connectivity index (χ1n) is 6.28. The van der Waals surface area contributed by atoms with Gasteiger partial charge in [0.15, 0.2) is 11.7 Å². The average Bonchev–Trinajstić information content (AvgIpc) is 2.87. The maximum atomic E-state index is 11.5. The van der Waals surface area contributed by atoms with E-state index < -0.39 is 18.0 Å². The van der Waals surface area contributed by atoms with Gasteiger partial charge < -0.3 is 19.9 Å². The number of hydrogen-bond donors (Lipinski definition) is 3. The number of amides is 1. The molecule has 0 aliphatic carbocycles. The first-order chi connectivity index (χ1) is 10.1. The van der Waals surface area contributed by atoms with Crippen molar-refractivity contribution in [1.29, 1.82) is 0 Å². The second-order valence-corrected chi connectivity index (χ2v) is 4.29. The molecule has 0 saturated heterocycles. The molecule has 1 atom stereocenters. The number of carbonyl (C=O) groups is 2. The van der Waals surface area contributed by atoms with E-state index >= 15 is 0 Å². The Morgan fingerprint density at radius 3 is 2.86 bits per heavy atom. The lowest BCUT2D eigenvalue weighted by atomic mass is 10.2. The number of aliphatic hydroxyl groups excluding tert-OH is 1. The molecule has 0 aliphatic heterocycles. The maximum absolute atomic E-state index is 11.5. The van der Waals surface area contributed by atoms with Gasteiger partial charge in [0.25, 0.3) is 0 Å². The molecule has 0 aliphatic rings. The Hall–Kier alpha value is -2.67. The number of benzene rings is 1. The van der Waals surface area contributed by atoms with E-state index in [1.165, 1.54) is 12.2 Å². The van der Waals surface area contributed by atoms with Crippen molar-refractivity contribution < 1.29 is 24.2 Å². The summed E-state index contributed by atoms with van der Waals surface area (Å²) in [6, 6.07) is 7.22. The Kier molecular flexibility index (Phi) is 4.68. The Balaban J connectivity index is 1.85. The van der Waals surface area contributed by atoms with Crippen LogP contribution in [0.2, 0.25) is 0 Å². The minimum Gasteiger partial charge on any atom is -0.479 e. The van der Waals surface area contributed by atoms with Crippen molar-refractivity contribution in [2.24, 2.45) is 0 Å². The molecule has 0 bridgehead atoms. The van der Waals surface area contributed by atoms with Gasteiger partial charge >= 0.3 is 5.97 Å². The minimum absolute atomic E-state index is 0.0577. The molecule has 1 amide bonds. The Bertz CT molecular complexity index is 644. The number of rotatable bonds is 6. The van der Waals surface area contributed by atoms with E-state index in [1.54, 1.807) is 12.1 Å². The molecular weight excluding hydrogens is 276 g/mol. The number of para-hydroxylation sites is 2. The van der Waals surface area contributed by atoms with Crippen LogP contribution >= 0.6 is 0 Å². The van der Waals surface area contributed by atoms with Crippen LogP contribution in [0.15, 0.2) is 34.8 Å². The van der Waals surface area contributed by atoms with Crippen LogP contribution in [0.3, 0.4) is 0 Å². The Morgan fingerprint density at radius 2 is 2.14 bits per heavy atom. The molecule has 1 heterocycles. The second-order valence-electron chi connectivity index (χ2n) is 4.29. The van der Waals surface area contributed by atoms with Gasteiger partial charge in [-0.25, -0.2) is 9.78 Å². The highest BCUT2D eigenvalue weighted by molar-refractivity contribution is 5.91. The van der Waals surface area contributed by atoms with Gasteiger partial charge in [0.2, 0.25) is 11.8 Å². The molecule has 1 unspecified atom stereocenters. The molecule has 2 aromatic rings. The first-order valence-corrected chi connectivity index (χ1v) is 6.28. The van der Waals surface area contributed by atoms with Crippen molar-refractivity contribution in [3.8, 4) is 0 Å². The number of hydrogen-bond acceptors (Lipinski definition) is 5. The van der Waals surface area contributed by atoms with Crippen LogP contribution in [0.5, 0.6) is 0 Å². The summed E-state index contributed by atoms with van der Waals surface area (Å²) in [6.07, 6.45) is 1.12. The molecular formula is C14H14N2O5. The van der Waals surface area contributed by atoms with Crippen molar-refractivity contribution >= 4 is 29.1 Å². The number of aliphatic hydroxyl groups is 1. The lowest BCUT2D eigenvalue weighted by Crippen LogP contribution is -2.28. The third kappa shape index (κ3) is 4.15. The van der Waals surface area contributed by atoms with Crippen molar-refractivity contribution in [3.63, 3.8) is 0 Å². The summed E-state index contributed by atoms with van der Waals surface area (Å²) >= 11 is 0. The average molecular weight is 290 g/mol. The number of nitrogens with zero attached hydrogens (tertiary/aromatic N) is 1. The largest absolute Gasteiger partial charge is 0.479 e. The van der Waals surface area contributed by atoms with Crippen LogP contribution in [0.4, 0.5) is 0 Å². The van der Waals surface area contributed by atoms with Gasteiger partial charge in [0.05, 0.1) is 0 Å². The molecule has 1 aromatic carbocycles. The van der Waals surface area contributed by atoms with E-state index in [2.05, 4.69) is 10.3 Å². The number of carbonyl (C=O) groups excluding carboxylic acids is 1. The molecule has 7 heteroatoms. The third-order valence-corrected chi connectivity index (χ3v) is 2.69. The molecule has 0 radical (unpaired) electrons. The molecule has 7 nitrogen and oxygen atoms in total. The summed E-state index contributed by atoms with van der Waals surface area (Å²) in [5.41, 5.74) is 1.32. The molecule has 0 fully saturated rings. The van der Waals surface area contributed by atoms with Gasteiger partial charge in [-0.15, -0.1) is 0 Å². The Morgan fingerprint density at radius 1 is 1.38 bits per heavy atom. The smallest absolute Gasteiger partial charge is 0.332 e. The quantitative estimate of drug-likeness (QED) is 0.678. The van der Waals surface area contributed by atoms with Crippen LogP contribution in [0, 0.1) is 0 Å². The fourth-order valence-electron chi connectivity index (χ4n) is 1.62. The summed E-state index contributed by atoms with van der Waals surface area (Å²) < 4.78 is 5.40. The fourth-order valence-corrected chi connectivity index (χ4v) is 1.62. The first kappa shape index (κ1) is 14.7. The number of carboxylic acids is 1. The topological polar surface area (TPSA) is 113 Å². The number of oxazole rings is 1. The van der Waals surface area contributed by atoms with Crippen molar-refractivity contribution in [2.75, 3.05) is 6.54 Å². The van der Waals surface area contributed by atoms with Crippen LogP contribution in [-0.2, 0) is 9.59 Å². The van der Waals surface area contributed by atoms with Gasteiger partial charge in [-0.2, -0.15) is 0 Å². The van der Waals surface area contributed by atoms with Crippen LogP contribution < -0.4 is 5.32 Å². The third-order valence-electron chi connectivity index (χ3n) is 2.69. The molecule has 21 heavy (non-hydrogen) atoms. The predicted molar refractivity (Wildman–Crippen MR) is 74.3 cm³/mol. The van der Waals surface area contributed by atoms with E-state index in [0.717, 1.165) is 0 Å². The van der Waals surface area contributed by atoms with E-state index in [-0.39, 0.29) is 13.0 Å². The monoisotopic (exact) mass is 290 g/mol. The van der Waals surface area contributed by atoms with Gasteiger partial charge in [0, 0.05) is 25.1 Å². The zero-order valence-corrected chi connectivity index (χ0v) is 11.0. The Labute approximate surface area is 119 Å². The minimum atomic E-state index is -1.48. The zero-order valence-electron chi connectivity index (χ0n) is 11.0. The molecule has 110 valence electrons. The zero-order chi connectivity index (χ0) is 15.2. The summed E-state index contributed by atoms with van der Waals surface area (Å²) in [4.78, 5) is 26.0. The summed E-state index contributed by atoms with van der Waals surface area (Å²) in [6.45, 7) is 0.0597. The SMILES string of the molecule is O=C(/C=C/c1nc2ccccc2o1)NCCC(O)C(=O)O. The lowest BCUT2D eigenvalue weighted by molar-refractivity contribution is -0.147. The maximum Gasteiger partial charge on any atom is 0.332 e. The lowest BCUT2D eigenvalue weighted by Gasteiger charge is -2.04. The highest BCUT2D eigenvalue weighted by Gasteiger charge is 2.12. The highest BCUT2D eigenvalue weighted by Crippen LogP contribution is 2.15. The number of nitrogens with one attached hydrogen (secondary N) is 1. The molecule has 2 rings (SSSR count). The van der Waals surface area contributed by atoms with E-state index in [4.69, 9.17) is 14.6 Å². The number of carboxylic acid groups (broad SMARTS) is 1. The standard InChI is InChI=1S/C14H14N2O5/c17-10(14(19)20)7-8-15-12(18)5-6-13-16-9-3-1-2-4-11(9)21-13/h1-6,10,17H,7-8H2,(H,15,18)(H,19,20)/b6-5+. The number of aliphatic carboxylic acids is 1. The van der Waals surface area contributed by atoms with E-state index in [1.807, 2.05) is 12.1 Å². The predicted octanol–water partition coefficient (Wildman–Crippen LogP) is 0.793. The van der Waals surface area contributed by atoms with E-state index in [9.17, 15) is 9.59 Å². The van der Waals surface area contributed by atoms with Crippen LogP contribution in [-0.4, -0.2) is 39.7 Å². The van der Waals surface area contributed by atoms with Gasteiger partial charge in [-0.3, -0.25) is 4.79 Å². The van der Waals surface area contributed by atoms with Crippen LogP contribution in [0.1, 0.15) is 12.3 Å².